The fourth-order valence-corrected chi connectivity index (χ4v) is 2.48. The molecule has 0 aliphatic heterocycles. The molecule has 0 fully saturated rings. The normalized spacial score (nSPS) is 19.3. The summed E-state index contributed by atoms with van der Waals surface area (Å²) in [7, 11) is 0. The number of nitrogens with zero attached hydrogens (tertiary/aromatic N) is 2. The molecule has 0 saturated heterocycles. The fraction of sp³-hybridized carbons (Fsp3) is 0.0769. The topological polar surface area (TPSA) is 86.3 Å². The first-order valence-electron chi connectivity index (χ1n) is 5.61. The predicted octanol–water partition coefficient (Wildman–Crippen LogP) is 0.886. The Bertz CT molecular complexity index is 789. The number of fused-ring (bicyclic) bond motifs is 2. The van der Waals surface area contributed by atoms with Gasteiger partial charge < -0.3 is 0 Å². The lowest BCUT2D eigenvalue weighted by Gasteiger charge is -2.09. The Morgan fingerprint density at radius 1 is 1.00 bits per heavy atom. The van der Waals surface area contributed by atoms with E-state index in [1.54, 1.807) is 18.2 Å². The van der Waals surface area contributed by atoms with Crippen LogP contribution in [0.2, 0.25) is 0 Å². The van der Waals surface area contributed by atoms with Crippen LogP contribution in [0, 0.1) is 26.1 Å². The Kier molecular flexibility index (Phi) is 2.31. The molecular formula is C13H8N2O4. The second kappa shape index (κ2) is 3.88. The van der Waals surface area contributed by atoms with Crippen molar-refractivity contribution in [3.8, 4) is 0 Å². The number of benzene rings is 1. The third-order valence-electron chi connectivity index (χ3n) is 3.27. The van der Waals surface area contributed by atoms with Crippen LogP contribution in [0.25, 0.3) is 11.6 Å². The molecule has 19 heavy (non-hydrogen) atoms. The third kappa shape index (κ3) is 1.65. The average Bonchev–Trinajstić information content (AvgIpc) is 2.75. The first-order chi connectivity index (χ1) is 9.08. The van der Waals surface area contributed by atoms with E-state index in [-0.39, 0.29) is 17.3 Å². The molecule has 0 radical (unpaired) electrons. The van der Waals surface area contributed by atoms with E-state index in [1.165, 1.54) is 18.2 Å². The summed E-state index contributed by atoms with van der Waals surface area (Å²) in [4.78, 5) is 20.9. The van der Waals surface area contributed by atoms with Gasteiger partial charge in [-0.3, -0.25) is 20.2 Å². The molecular weight excluding hydrogens is 248 g/mol. The van der Waals surface area contributed by atoms with Crippen molar-refractivity contribution in [2.45, 2.75) is 0 Å². The van der Waals surface area contributed by atoms with Gasteiger partial charge >= 0.3 is 0 Å². The molecule has 0 aromatic heterocycles. The van der Waals surface area contributed by atoms with Crippen LogP contribution >= 0.6 is 0 Å². The van der Waals surface area contributed by atoms with Crippen LogP contribution in [0.15, 0.2) is 42.1 Å². The smallest absolute Gasteiger partial charge is 0.258 e. The van der Waals surface area contributed by atoms with Crippen molar-refractivity contribution in [1.82, 2.24) is 0 Å². The van der Waals surface area contributed by atoms with Crippen molar-refractivity contribution < 1.29 is 9.85 Å². The van der Waals surface area contributed by atoms with E-state index in [9.17, 15) is 20.2 Å². The molecule has 1 atom stereocenters. The minimum absolute atomic E-state index is 0.0143. The zero-order valence-corrected chi connectivity index (χ0v) is 9.65. The van der Waals surface area contributed by atoms with Gasteiger partial charge in [-0.1, -0.05) is 24.3 Å². The minimum Gasteiger partial charge on any atom is -0.258 e. The second-order valence-corrected chi connectivity index (χ2v) is 4.33. The van der Waals surface area contributed by atoms with Crippen LogP contribution in [-0.4, -0.2) is 9.85 Å². The lowest BCUT2D eigenvalue weighted by Crippen LogP contribution is -2.25. The molecule has 6 nitrogen and oxygen atoms in total. The highest BCUT2D eigenvalue weighted by molar-refractivity contribution is 5.76. The molecule has 0 heterocycles. The van der Waals surface area contributed by atoms with Crippen molar-refractivity contribution in [1.29, 1.82) is 0 Å². The van der Waals surface area contributed by atoms with Crippen LogP contribution in [0.1, 0.15) is 0 Å². The van der Waals surface area contributed by atoms with Gasteiger partial charge in [-0.05, 0) is 10.8 Å². The molecule has 6 heteroatoms. The minimum atomic E-state index is -0.460. The number of allylic oxidation sites excluding steroid dienone is 3. The van der Waals surface area contributed by atoms with Crippen LogP contribution in [0.4, 0.5) is 5.69 Å². The van der Waals surface area contributed by atoms with Gasteiger partial charge in [0.05, 0.1) is 15.1 Å². The van der Waals surface area contributed by atoms with E-state index in [1.807, 2.05) is 6.08 Å². The standard InChI is InChI=1S/C13H8N2O4/c16-14(17)10-4-5-11-9(7-10)6-8-2-1-3-12(13(8)11)15(18)19/h1-7,9H/t9-/m0/s1. The molecule has 1 aromatic rings. The van der Waals surface area contributed by atoms with Crippen molar-refractivity contribution in [2.75, 3.05) is 0 Å². The summed E-state index contributed by atoms with van der Waals surface area (Å²) in [5, 5.41) is 23.1. The number of non-ortho nitro benzene ring substituents is 1. The molecule has 0 unspecified atom stereocenters. The fourth-order valence-electron chi connectivity index (χ4n) is 2.48. The summed E-state index contributed by atoms with van der Waals surface area (Å²) >= 11 is 0. The molecule has 0 spiro atoms. The van der Waals surface area contributed by atoms with Gasteiger partial charge in [0, 0.05) is 24.1 Å². The maximum atomic E-state index is 11.0. The number of hydrogen-bond acceptors (Lipinski definition) is 4. The van der Waals surface area contributed by atoms with Crippen molar-refractivity contribution in [2.24, 2.45) is 5.92 Å². The van der Waals surface area contributed by atoms with Crippen molar-refractivity contribution >= 4 is 17.3 Å². The van der Waals surface area contributed by atoms with Crippen LogP contribution in [-0.2, 0) is 0 Å². The number of hydrogen-bond donors (Lipinski definition) is 0. The maximum Gasteiger partial charge on any atom is 0.277 e. The quantitative estimate of drug-likeness (QED) is 0.580. The van der Waals surface area contributed by atoms with E-state index < -0.39 is 9.85 Å². The van der Waals surface area contributed by atoms with Crippen LogP contribution < -0.4 is 10.4 Å². The summed E-state index contributed by atoms with van der Waals surface area (Å²) in [5.74, 6) is -0.263. The lowest BCUT2D eigenvalue weighted by molar-refractivity contribution is -0.419. The van der Waals surface area contributed by atoms with Crippen molar-refractivity contribution in [3.63, 3.8) is 0 Å². The maximum absolute atomic E-state index is 11.0. The molecule has 0 amide bonds. The van der Waals surface area contributed by atoms with Gasteiger partial charge in [0.25, 0.3) is 11.4 Å². The van der Waals surface area contributed by atoms with Crippen molar-refractivity contribution in [3.05, 3.63) is 72.8 Å². The second-order valence-electron chi connectivity index (χ2n) is 4.33. The number of nitro groups is 2. The summed E-state index contributed by atoms with van der Waals surface area (Å²) < 4.78 is 0. The van der Waals surface area contributed by atoms with Gasteiger partial charge in [0.15, 0.2) is 0 Å². The lowest BCUT2D eigenvalue weighted by atomic mass is 9.95. The third-order valence-corrected chi connectivity index (χ3v) is 3.27. The van der Waals surface area contributed by atoms with E-state index >= 15 is 0 Å². The zero-order chi connectivity index (χ0) is 13.6. The SMILES string of the molecule is O=[N+]([O-])C1=C[C@@H]2C=c3cccc([N+](=O)[O-])c3=C2C=C1. The Hall–Kier alpha value is -2.76. The average molecular weight is 256 g/mol. The predicted molar refractivity (Wildman–Crippen MR) is 67.9 cm³/mol. The Labute approximate surface area is 107 Å². The van der Waals surface area contributed by atoms with E-state index in [0.29, 0.717) is 5.22 Å². The summed E-state index contributed by atoms with van der Waals surface area (Å²) in [5.41, 5.74) is 0.794. The van der Waals surface area contributed by atoms with E-state index in [2.05, 4.69) is 0 Å². The van der Waals surface area contributed by atoms with Gasteiger partial charge in [0.1, 0.15) is 0 Å². The largest absolute Gasteiger partial charge is 0.277 e. The molecule has 0 saturated carbocycles. The molecule has 2 aliphatic carbocycles. The first-order valence-corrected chi connectivity index (χ1v) is 5.61. The summed E-state index contributed by atoms with van der Waals surface area (Å²) in [6.45, 7) is 0. The van der Waals surface area contributed by atoms with E-state index in [4.69, 9.17) is 0 Å². The molecule has 0 N–H and O–H groups in total. The van der Waals surface area contributed by atoms with Gasteiger partial charge in [0.2, 0.25) is 0 Å². The first kappa shape index (κ1) is 11.3. The highest BCUT2D eigenvalue weighted by Gasteiger charge is 2.25. The monoisotopic (exact) mass is 256 g/mol. The summed E-state index contributed by atoms with van der Waals surface area (Å²) in [6.07, 6.45) is 6.30. The Morgan fingerprint density at radius 2 is 1.79 bits per heavy atom. The summed E-state index contributed by atoms with van der Waals surface area (Å²) in [6, 6.07) is 4.84. The molecule has 1 aromatic carbocycles. The van der Waals surface area contributed by atoms with Crippen LogP contribution in [0.3, 0.4) is 0 Å². The highest BCUT2D eigenvalue weighted by Crippen LogP contribution is 2.27. The van der Waals surface area contributed by atoms with Crippen LogP contribution in [0.5, 0.6) is 0 Å². The number of nitro benzene ring substituents is 1. The van der Waals surface area contributed by atoms with E-state index in [0.717, 1.165) is 10.8 Å². The zero-order valence-electron chi connectivity index (χ0n) is 9.65. The number of rotatable bonds is 2. The van der Waals surface area contributed by atoms with Gasteiger partial charge in [-0.15, -0.1) is 0 Å². The van der Waals surface area contributed by atoms with Gasteiger partial charge in [-0.2, -0.15) is 0 Å². The molecule has 3 rings (SSSR count). The van der Waals surface area contributed by atoms with Gasteiger partial charge in [-0.25, -0.2) is 0 Å². The Balaban J connectivity index is 2.28. The molecule has 94 valence electrons. The highest BCUT2D eigenvalue weighted by atomic mass is 16.6. The Morgan fingerprint density at radius 3 is 2.47 bits per heavy atom. The molecule has 0 bridgehead atoms. The molecule has 2 aliphatic rings.